The monoisotopic (exact) mass is 642 g/mol. The van der Waals surface area contributed by atoms with Crippen LogP contribution < -0.4 is 10.9 Å². The Morgan fingerprint density at radius 3 is 2.55 bits per heavy atom. The Balaban J connectivity index is 1.18. The molecule has 12 heteroatoms. The minimum atomic E-state index is -1.24. The molecule has 3 heterocycles. The molecular weight excluding hydrogens is 603 g/mol. The number of hydrogen-bond donors (Lipinski definition) is 3. The topological polar surface area (TPSA) is 136 Å². The summed E-state index contributed by atoms with van der Waals surface area (Å²) in [6, 6.07) is 12.2. The molecule has 2 aliphatic carbocycles. The first-order valence-corrected chi connectivity index (χ1v) is 16.4. The first-order chi connectivity index (χ1) is 22.8. The van der Waals surface area contributed by atoms with Crippen LogP contribution in [0.15, 0.2) is 70.9 Å². The van der Waals surface area contributed by atoms with Gasteiger partial charge >= 0.3 is 6.41 Å². The normalized spacial score (nSPS) is 22.1. The number of aliphatic hydroxyl groups is 2. The number of halogens is 1. The lowest BCUT2D eigenvalue weighted by Crippen LogP contribution is -2.38. The van der Waals surface area contributed by atoms with Crippen LogP contribution >= 0.6 is 0 Å². The van der Waals surface area contributed by atoms with Crippen molar-refractivity contribution in [1.82, 2.24) is 24.5 Å². The molecule has 7 rings (SSSR count). The van der Waals surface area contributed by atoms with Gasteiger partial charge in [-0.25, -0.2) is 8.91 Å². The summed E-state index contributed by atoms with van der Waals surface area (Å²) in [6.07, 6.45) is 8.63. The Labute approximate surface area is 271 Å². The van der Waals surface area contributed by atoms with Gasteiger partial charge in [-0.3, -0.25) is 9.36 Å². The lowest BCUT2D eigenvalue weighted by atomic mass is 9.91. The average molecular weight is 643 g/mol. The van der Waals surface area contributed by atoms with Crippen LogP contribution in [-0.4, -0.2) is 59.4 Å². The highest BCUT2D eigenvalue weighted by Gasteiger charge is 2.42. The van der Waals surface area contributed by atoms with Crippen LogP contribution in [0.3, 0.4) is 0 Å². The maximum atomic E-state index is 15.9. The second-order valence-electron chi connectivity index (χ2n) is 12.6. The number of nitrogens with one attached hydrogen (secondary N) is 1. The van der Waals surface area contributed by atoms with E-state index in [1.165, 1.54) is 12.4 Å². The number of aromatic nitrogens is 4. The molecule has 2 unspecified atom stereocenters. The SMILES string of the molecule is CCCc1c(Cc2ccc(-c3ccccc3C3=NOC(O)N3)cc2F)c(=O)n([C@H]2CC[C@H](OC(CC)C3(O)C=C3)CC2)c2ncnn12. The standard InChI is InChI=1S/C35H39FN6O5/c1-3-7-29-27(18-22-11-10-21(19-28(22)36)25-8-5-6-9-26(25)31-39-34(44)47-40-31)32(43)41(33-37-20-38-42(29)33)23-12-14-24(15-13-23)46-30(4-2)35(45)16-17-35/h5-6,8-11,16-17,19-20,23-24,30,34,44-45H,3-4,7,12-15,18H2,1-2H3,(H,39,40)/t23-,24-,30?,34?. The van der Waals surface area contributed by atoms with E-state index >= 15 is 4.39 Å². The van der Waals surface area contributed by atoms with E-state index in [1.807, 2.05) is 44.2 Å². The Bertz CT molecular complexity index is 1900. The lowest BCUT2D eigenvalue weighted by Gasteiger charge is -2.34. The van der Waals surface area contributed by atoms with E-state index in [2.05, 4.69) is 20.6 Å². The highest BCUT2D eigenvalue weighted by atomic mass is 19.1. The van der Waals surface area contributed by atoms with Crippen LogP contribution in [0.2, 0.25) is 0 Å². The van der Waals surface area contributed by atoms with Crippen LogP contribution in [0.25, 0.3) is 16.9 Å². The van der Waals surface area contributed by atoms with Crippen LogP contribution in [0.1, 0.15) is 80.8 Å². The van der Waals surface area contributed by atoms with Crippen molar-refractivity contribution < 1.29 is 24.2 Å². The lowest BCUT2D eigenvalue weighted by molar-refractivity contribution is -0.0930. The zero-order chi connectivity index (χ0) is 32.7. The molecule has 1 aliphatic heterocycles. The average Bonchev–Trinajstić information content (AvgIpc) is 3.41. The number of oxime groups is 1. The van der Waals surface area contributed by atoms with Gasteiger partial charge in [-0.15, -0.1) is 0 Å². The molecule has 0 bridgehead atoms. The van der Waals surface area contributed by atoms with Crippen LogP contribution in [0.5, 0.6) is 0 Å². The number of fused-ring (bicyclic) bond motifs is 1. The third-order valence-electron chi connectivity index (χ3n) is 9.49. The Hall–Kier alpha value is -4.39. The summed E-state index contributed by atoms with van der Waals surface area (Å²) in [4.78, 5) is 23.8. The number of amidine groups is 1. The number of rotatable bonds is 11. The summed E-state index contributed by atoms with van der Waals surface area (Å²) < 4.78 is 25.7. The predicted molar refractivity (Wildman–Crippen MR) is 173 cm³/mol. The molecule has 2 aromatic carbocycles. The highest BCUT2D eigenvalue weighted by Crippen LogP contribution is 2.37. The van der Waals surface area contributed by atoms with Gasteiger partial charge in [0.25, 0.3) is 5.56 Å². The van der Waals surface area contributed by atoms with Crippen molar-refractivity contribution >= 4 is 11.6 Å². The summed E-state index contributed by atoms with van der Waals surface area (Å²) in [5, 5.41) is 31.4. The molecule has 0 spiro atoms. The molecule has 3 aliphatic rings. The largest absolute Gasteiger partial charge is 0.379 e. The molecule has 2 atom stereocenters. The van der Waals surface area contributed by atoms with Crippen molar-refractivity contribution in [2.24, 2.45) is 5.16 Å². The van der Waals surface area contributed by atoms with Gasteiger partial charge in [0, 0.05) is 23.6 Å². The number of aliphatic hydroxyl groups excluding tert-OH is 1. The van der Waals surface area contributed by atoms with Crippen molar-refractivity contribution in [1.29, 1.82) is 0 Å². The maximum Gasteiger partial charge on any atom is 0.304 e. The summed E-state index contributed by atoms with van der Waals surface area (Å²) in [5.74, 6) is 0.419. The molecule has 0 amide bonds. The minimum absolute atomic E-state index is 0.00194. The van der Waals surface area contributed by atoms with E-state index in [-0.39, 0.29) is 30.2 Å². The summed E-state index contributed by atoms with van der Waals surface area (Å²) in [7, 11) is 0. The summed E-state index contributed by atoms with van der Waals surface area (Å²) in [5.41, 5.74) is 2.55. The third-order valence-corrected chi connectivity index (χ3v) is 9.49. The highest BCUT2D eigenvalue weighted by molar-refractivity contribution is 6.04. The molecule has 3 N–H and O–H groups in total. The van der Waals surface area contributed by atoms with Crippen molar-refractivity contribution in [3.63, 3.8) is 0 Å². The zero-order valence-electron chi connectivity index (χ0n) is 26.5. The predicted octanol–water partition coefficient (Wildman–Crippen LogP) is 4.38. The Morgan fingerprint density at radius 1 is 1.13 bits per heavy atom. The van der Waals surface area contributed by atoms with Crippen LogP contribution in [-0.2, 0) is 22.4 Å². The minimum Gasteiger partial charge on any atom is -0.379 e. The van der Waals surface area contributed by atoms with Gasteiger partial charge in [-0.2, -0.15) is 10.1 Å². The van der Waals surface area contributed by atoms with Gasteiger partial charge in [0.15, 0.2) is 5.84 Å². The Kier molecular flexibility index (Phi) is 8.41. The zero-order valence-corrected chi connectivity index (χ0v) is 26.5. The molecule has 1 saturated carbocycles. The smallest absolute Gasteiger partial charge is 0.304 e. The van der Waals surface area contributed by atoms with E-state index in [4.69, 9.17) is 9.57 Å². The maximum absolute atomic E-state index is 15.9. The second kappa shape index (κ2) is 12.7. The molecule has 11 nitrogen and oxygen atoms in total. The molecular formula is C35H39FN6O5. The number of benzene rings is 2. The van der Waals surface area contributed by atoms with Crippen molar-refractivity contribution in [3.8, 4) is 11.1 Å². The first-order valence-electron chi connectivity index (χ1n) is 16.4. The van der Waals surface area contributed by atoms with Crippen LogP contribution in [0, 0.1) is 5.82 Å². The van der Waals surface area contributed by atoms with Gasteiger partial charge in [0.05, 0.1) is 17.9 Å². The van der Waals surface area contributed by atoms with Crippen molar-refractivity contribution in [3.05, 3.63) is 99.5 Å². The molecule has 0 saturated heterocycles. The molecule has 4 aromatic rings. The molecule has 47 heavy (non-hydrogen) atoms. The summed E-state index contributed by atoms with van der Waals surface area (Å²) in [6.45, 7) is 4.05. The number of hydrogen-bond acceptors (Lipinski definition) is 9. The molecule has 246 valence electrons. The van der Waals surface area contributed by atoms with Crippen molar-refractivity contribution in [2.75, 3.05) is 0 Å². The van der Waals surface area contributed by atoms with E-state index in [0.29, 0.717) is 65.1 Å². The van der Waals surface area contributed by atoms with Gasteiger partial charge in [-0.1, -0.05) is 61.8 Å². The fraction of sp³-hybridized carbons (Fsp3) is 0.429. The van der Waals surface area contributed by atoms with Crippen molar-refractivity contribution in [2.45, 2.75) is 95.5 Å². The van der Waals surface area contributed by atoms with E-state index in [1.54, 1.807) is 27.3 Å². The van der Waals surface area contributed by atoms with E-state index < -0.39 is 17.8 Å². The number of aryl methyl sites for hydroxylation is 1. The number of ether oxygens (including phenoxy) is 1. The summed E-state index contributed by atoms with van der Waals surface area (Å²) >= 11 is 0. The van der Waals surface area contributed by atoms with E-state index in [9.17, 15) is 15.0 Å². The van der Waals surface area contributed by atoms with Gasteiger partial charge < -0.3 is 25.1 Å². The second-order valence-corrected chi connectivity index (χ2v) is 12.6. The van der Waals surface area contributed by atoms with Crippen LogP contribution in [0.4, 0.5) is 4.39 Å². The fourth-order valence-electron chi connectivity index (χ4n) is 6.97. The first kappa shape index (κ1) is 31.2. The molecule has 1 fully saturated rings. The molecule has 0 radical (unpaired) electrons. The Morgan fingerprint density at radius 2 is 1.89 bits per heavy atom. The van der Waals surface area contributed by atoms with Gasteiger partial charge in [0.1, 0.15) is 17.7 Å². The third kappa shape index (κ3) is 5.97. The van der Waals surface area contributed by atoms with Gasteiger partial charge in [0.2, 0.25) is 5.78 Å². The number of nitrogens with zero attached hydrogens (tertiary/aromatic N) is 5. The van der Waals surface area contributed by atoms with E-state index in [0.717, 1.165) is 25.0 Å². The fourth-order valence-corrected chi connectivity index (χ4v) is 6.97. The quantitative estimate of drug-likeness (QED) is 0.205. The molecule has 2 aromatic heterocycles. The van der Waals surface area contributed by atoms with Gasteiger partial charge in [-0.05, 0) is 73.4 Å².